The van der Waals surface area contributed by atoms with E-state index in [1.807, 2.05) is 0 Å². The highest BCUT2D eigenvalue weighted by atomic mass is 16.5. The summed E-state index contributed by atoms with van der Waals surface area (Å²) in [6.45, 7) is 7.12. The number of rotatable bonds is 10. The predicted octanol–water partition coefficient (Wildman–Crippen LogP) is 8.72. The van der Waals surface area contributed by atoms with Crippen molar-refractivity contribution in [3.63, 3.8) is 0 Å². The highest BCUT2D eigenvalue weighted by molar-refractivity contribution is 5.72. The van der Waals surface area contributed by atoms with Crippen LogP contribution in [0.5, 0.6) is 0 Å². The maximum atomic E-state index is 12.8. The molecular weight excluding hydrogens is 380 g/mol. The van der Waals surface area contributed by atoms with E-state index in [9.17, 15) is 4.79 Å². The number of ether oxygens (including phenoxy) is 1. The lowest BCUT2D eigenvalue weighted by molar-refractivity contribution is -0.157. The van der Waals surface area contributed by atoms with E-state index < -0.39 is 0 Å². The fourth-order valence-corrected chi connectivity index (χ4v) is 7.23. The molecule has 0 aliphatic heterocycles. The van der Waals surface area contributed by atoms with Gasteiger partial charge in [0.15, 0.2) is 0 Å². The summed E-state index contributed by atoms with van der Waals surface area (Å²) in [6.07, 6.45) is 23.8. The minimum atomic E-state index is 0.137. The van der Waals surface area contributed by atoms with E-state index in [1.54, 1.807) is 0 Å². The topological polar surface area (TPSA) is 26.3 Å². The zero-order valence-electron chi connectivity index (χ0n) is 21.1. The molecule has 0 amide bonds. The minimum Gasteiger partial charge on any atom is -0.462 e. The van der Waals surface area contributed by atoms with E-state index in [0.29, 0.717) is 0 Å². The third kappa shape index (κ3) is 7.78. The van der Waals surface area contributed by atoms with Gasteiger partial charge in [-0.1, -0.05) is 72.1 Å². The van der Waals surface area contributed by atoms with Crippen LogP contribution in [0.1, 0.15) is 136 Å². The summed E-state index contributed by atoms with van der Waals surface area (Å²) in [6, 6.07) is 0. The Morgan fingerprint density at radius 1 is 0.774 bits per heavy atom. The Morgan fingerprint density at radius 3 is 2.10 bits per heavy atom. The van der Waals surface area contributed by atoms with E-state index in [2.05, 4.69) is 20.8 Å². The number of unbranched alkanes of at least 4 members (excludes halogenated alkanes) is 4. The molecule has 31 heavy (non-hydrogen) atoms. The summed E-state index contributed by atoms with van der Waals surface area (Å²) in [7, 11) is 0. The van der Waals surface area contributed by atoms with Crippen LogP contribution in [0.4, 0.5) is 0 Å². The third-order valence-corrected chi connectivity index (χ3v) is 9.42. The van der Waals surface area contributed by atoms with Crippen LogP contribution >= 0.6 is 0 Å². The van der Waals surface area contributed by atoms with Gasteiger partial charge in [-0.3, -0.25) is 4.79 Å². The summed E-state index contributed by atoms with van der Waals surface area (Å²) >= 11 is 0. The molecule has 3 unspecified atom stereocenters. The first-order valence-electron chi connectivity index (χ1n) is 14.3. The Hall–Kier alpha value is -0.530. The number of hydrogen-bond donors (Lipinski definition) is 0. The molecule has 3 atom stereocenters. The Bertz CT molecular complexity index is 499. The highest BCUT2D eigenvalue weighted by Gasteiger charge is 2.37. The van der Waals surface area contributed by atoms with E-state index in [-0.39, 0.29) is 18.0 Å². The van der Waals surface area contributed by atoms with Crippen LogP contribution in [0.15, 0.2) is 0 Å². The zero-order valence-corrected chi connectivity index (χ0v) is 21.1. The standard InChI is InChI=1S/C29H52O2/c1-4-6-7-8-9-10-24-13-20-28(22(3)21-24)25-14-16-26(17-15-25)29(30)31-27-18-11-23(5-2)12-19-27/h22-28H,4-21H2,1-3H3/t22?,23-,24?,25-,26-,27-,28?. The lowest BCUT2D eigenvalue weighted by Gasteiger charge is -2.41. The molecule has 0 aromatic heterocycles. The summed E-state index contributed by atoms with van der Waals surface area (Å²) in [5.74, 6) is 4.84. The highest BCUT2D eigenvalue weighted by Crippen LogP contribution is 2.45. The van der Waals surface area contributed by atoms with Gasteiger partial charge in [-0.2, -0.15) is 0 Å². The SMILES string of the molecule is CCCCCCCC1CCC([C@H]2CC[C@H](C(=O)O[C@H]3CC[C@H](CC)CC3)CC2)C(C)C1. The fraction of sp³-hybridized carbons (Fsp3) is 0.966. The van der Waals surface area contributed by atoms with Gasteiger partial charge in [0.1, 0.15) is 6.10 Å². The Kier molecular flexibility index (Phi) is 10.7. The number of hydrogen-bond acceptors (Lipinski definition) is 2. The maximum absolute atomic E-state index is 12.8. The van der Waals surface area contributed by atoms with Crippen molar-refractivity contribution in [3.8, 4) is 0 Å². The average molecular weight is 433 g/mol. The molecule has 3 rings (SSSR count). The molecule has 0 saturated heterocycles. The quantitative estimate of drug-likeness (QED) is 0.255. The zero-order chi connectivity index (χ0) is 22.1. The first kappa shape index (κ1) is 25.1. The normalized spacial score (nSPS) is 36.8. The summed E-state index contributed by atoms with van der Waals surface area (Å²) in [5, 5.41) is 0. The first-order chi connectivity index (χ1) is 15.1. The van der Waals surface area contributed by atoms with Gasteiger partial charge in [0.05, 0.1) is 5.92 Å². The van der Waals surface area contributed by atoms with Gasteiger partial charge in [0.2, 0.25) is 0 Å². The molecule has 2 heteroatoms. The lowest BCUT2D eigenvalue weighted by atomic mass is 9.64. The van der Waals surface area contributed by atoms with Gasteiger partial charge in [-0.15, -0.1) is 0 Å². The second-order valence-corrected chi connectivity index (χ2v) is 11.6. The second-order valence-electron chi connectivity index (χ2n) is 11.6. The van der Waals surface area contributed by atoms with Crippen LogP contribution < -0.4 is 0 Å². The lowest BCUT2D eigenvalue weighted by Crippen LogP contribution is -2.34. The smallest absolute Gasteiger partial charge is 0.309 e. The van der Waals surface area contributed by atoms with Crippen molar-refractivity contribution in [1.82, 2.24) is 0 Å². The van der Waals surface area contributed by atoms with Crippen molar-refractivity contribution in [1.29, 1.82) is 0 Å². The number of esters is 1. The predicted molar refractivity (Wildman–Crippen MR) is 131 cm³/mol. The van der Waals surface area contributed by atoms with E-state index in [0.717, 1.165) is 55.3 Å². The molecule has 0 aromatic carbocycles. The molecule has 0 aromatic rings. The Balaban J connectivity index is 1.33. The monoisotopic (exact) mass is 432 g/mol. The van der Waals surface area contributed by atoms with Crippen LogP contribution in [0.3, 0.4) is 0 Å². The van der Waals surface area contributed by atoms with Gasteiger partial charge in [0, 0.05) is 0 Å². The second kappa shape index (κ2) is 13.2. The summed E-state index contributed by atoms with van der Waals surface area (Å²) < 4.78 is 5.96. The molecule has 3 aliphatic carbocycles. The number of carbonyl (C=O) groups excluding carboxylic acids is 1. The van der Waals surface area contributed by atoms with Crippen LogP contribution in [-0.4, -0.2) is 12.1 Å². The van der Waals surface area contributed by atoms with Gasteiger partial charge < -0.3 is 4.74 Å². The van der Waals surface area contributed by atoms with Gasteiger partial charge in [0.25, 0.3) is 0 Å². The van der Waals surface area contributed by atoms with Crippen molar-refractivity contribution >= 4 is 5.97 Å². The van der Waals surface area contributed by atoms with Crippen LogP contribution in [0.2, 0.25) is 0 Å². The number of carbonyl (C=O) groups is 1. The van der Waals surface area contributed by atoms with Crippen molar-refractivity contribution in [3.05, 3.63) is 0 Å². The summed E-state index contributed by atoms with van der Waals surface area (Å²) in [4.78, 5) is 12.8. The first-order valence-corrected chi connectivity index (χ1v) is 14.3. The van der Waals surface area contributed by atoms with Gasteiger partial charge in [-0.25, -0.2) is 0 Å². The van der Waals surface area contributed by atoms with Crippen LogP contribution in [-0.2, 0) is 9.53 Å². The average Bonchev–Trinajstić information content (AvgIpc) is 2.80. The summed E-state index contributed by atoms with van der Waals surface area (Å²) in [5.41, 5.74) is 0. The van der Waals surface area contributed by atoms with Crippen LogP contribution in [0.25, 0.3) is 0 Å². The minimum absolute atomic E-state index is 0.137. The maximum Gasteiger partial charge on any atom is 0.309 e. The molecule has 2 nitrogen and oxygen atoms in total. The van der Waals surface area contributed by atoms with Gasteiger partial charge in [-0.05, 0) is 93.8 Å². The molecule has 3 saturated carbocycles. The van der Waals surface area contributed by atoms with Crippen molar-refractivity contribution in [2.45, 2.75) is 142 Å². The van der Waals surface area contributed by atoms with E-state index in [4.69, 9.17) is 4.74 Å². The van der Waals surface area contributed by atoms with E-state index >= 15 is 0 Å². The molecule has 3 fully saturated rings. The molecule has 0 radical (unpaired) electrons. The molecule has 0 bridgehead atoms. The molecule has 0 heterocycles. The Morgan fingerprint density at radius 2 is 1.45 bits per heavy atom. The molecule has 3 aliphatic rings. The van der Waals surface area contributed by atoms with Crippen LogP contribution in [0, 0.1) is 35.5 Å². The molecule has 0 N–H and O–H groups in total. The third-order valence-electron chi connectivity index (χ3n) is 9.42. The van der Waals surface area contributed by atoms with Gasteiger partial charge >= 0.3 is 5.97 Å². The van der Waals surface area contributed by atoms with Crippen molar-refractivity contribution < 1.29 is 9.53 Å². The fourth-order valence-electron chi connectivity index (χ4n) is 7.23. The molecular formula is C29H52O2. The van der Waals surface area contributed by atoms with E-state index in [1.165, 1.54) is 89.9 Å². The largest absolute Gasteiger partial charge is 0.462 e. The van der Waals surface area contributed by atoms with Crippen molar-refractivity contribution in [2.24, 2.45) is 35.5 Å². The molecule has 0 spiro atoms. The molecule has 180 valence electrons. The Labute approximate surface area is 193 Å². The van der Waals surface area contributed by atoms with Crippen molar-refractivity contribution in [2.75, 3.05) is 0 Å².